The van der Waals surface area contributed by atoms with E-state index in [2.05, 4.69) is 25.9 Å². The number of nitrogens with one attached hydrogen (secondary N) is 3. The molecule has 2 heterocycles. The van der Waals surface area contributed by atoms with Gasteiger partial charge in [-0.15, -0.1) is 0 Å². The van der Waals surface area contributed by atoms with Gasteiger partial charge in [0.1, 0.15) is 11.6 Å². The van der Waals surface area contributed by atoms with Gasteiger partial charge in [0.25, 0.3) is 6.01 Å². The Labute approximate surface area is 209 Å². The lowest BCUT2D eigenvalue weighted by Crippen LogP contribution is -2.47. The number of pyridine rings is 1. The Balaban J connectivity index is 1.84. The third-order valence-corrected chi connectivity index (χ3v) is 5.26. The largest absolute Gasteiger partial charge is 0.444 e. The Morgan fingerprint density at radius 3 is 2.42 bits per heavy atom. The minimum Gasteiger partial charge on any atom is -0.444 e. The fourth-order valence-corrected chi connectivity index (χ4v) is 3.51. The molecule has 0 saturated heterocycles. The second kappa shape index (κ2) is 10.3. The second-order valence-electron chi connectivity index (χ2n) is 10.5. The normalized spacial score (nSPS) is 12.6. The van der Waals surface area contributed by atoms with Crippen molar-refractivity contribution in [3.63, 3.8) is 0 Å². The summed E-state index contributed by atoms with van der Waals surface area (Å²) < 4.78 is 10.7. The molecule has 1 aromatic carbocycles. The van der Waals surface area contributed by atoms with Crippen molar-refractivity contribution in [2.75, 3.05) is 10.6 Å². The molecular formula is C26H33N5O5. The quantitative estimate of drug-likeness (QED) is 0.458. The van der Waals surface area contributed by atoms with E-state index in [-0.39, 0.29) is 23.9 Å². The molecule has 3 N–H and O–H groups in total. The molecule has 3 rings (SSSR count). The number of carbonyl (C=O) groups excluding carboxylic acids is 2. The lowest BCUT2D eigenvalue weighted by Gasteiger charge is -2.30. The van der Waals surface area contributed by atoms with Gasteiger partial charge in [-0.05, 0) is 62.9 Å². The smallest absolute Gasteiger partial charge is 0.412 e. The van der Waals surface area contributed by atoms with E-state index in [1.54, 1.807) is 52.1 Å². The summed E-state index contributed by atoms with van der Waals surface area (Å²) in [6, 6.07) is 7.88. The van der Waals surface area contributed by atoms with Crippen molar-refractivity contribution >= 4 is 34.6 Å². The van der Waals surface area contributed by atoms with Gasteiger partial charge in [-0.1, -0.05) is 26.8 Å². The first-order valence-corrected chi connectivity index (χ1v) is 11.6. The number of fused-ring (bicyclic) bond motifs is 1. The minimum atomic E-state index is -0.747. The third kappa shape index (κ3) is 6.80. The van der Waals surface area contributed by atoms with Crippen LogP contribution in [-0.2, 0) is 16.1 Å². The molecule has 0 bridgehead atoms. The van der Waals surface area contributed by atoms with Crippen LogP contribution in [-0.4, -0.2) is 33.6 Å². The highest BCUT2D eigenvalue weighted by Crippen LogP contribution is 2.26. The number of anilines is 2. The monoisotopic (exact) mass is 495 g/mol. The molecule has 36 heavy (non-hydrogen) atoms. The fraction of sp³-hybridized carbons (Fsp3) is 0.423. The molecule has 1 atom stereocenters. The molecule has 1 unspecified atom stereocenters. The maximum Gasteiger partial charge on any atom is 0.412 e. The molecule has 192 valence electrons. The molecule has 0 saturated carbocycles. The molecule has 0 aliphatic carbocycles. The van der Waals surface area contributed by atoms with Gasteiger partial charge in [-0.2, -0.15) is 4.98 Å². The van der Waals surface area contributed by atoms with Crippen molar-refractivity contribution in [1.29, 1.82) is 0 Å². The maximum absolute atomic E-state index is 13.0. The van der Waals surface area contributed by atoms with E-state index in [0.717, 1.165) is 5.69 Å². The van der Waals surface area contributed by atoms with Crippen LogP contribution >= 0.6 is 0 Å². The molecule has 0 aliphatic heterocycles. The zero-order valence-electron chi connectivity index (χ0n) is 21.7. The molecule has 0 fully saturated rings. The van der Waals surface area contributed by atoms with E-state index in [9.17, 15) is 14.4 Å². The maximum atomic E-state index is 13.0. The van der Waals surface area contributed by atoms with Crippen LogP contribution in [0.5, 0.6) is 0 Å². The number of aromatic nitrogens is 2. The van der Waals surface area contributed by atoms with Crippen LogP contribution in [0.4, 0.5) is 16.5 Å². The number of carbonyl (C=O) groups is 2. The molecular weight excluding hydrogens is 462 g/mol. The highest BCUT2D eigenvalue weighted by atomic mass is 16.6. The van der Waals surface area contributed by atoms with Crippen LogP contribution in [0.2, 0.25) is 0 Å². The first kappa shape index (κ1) is 26.7. The van der Waals surface area contributed by atoms with E-state index >= 15 is 0 Å². The van der Waals surface area contributed by atoms with Gasteiger partial charge in [0.05, 0.1) is 23.1 Å². The molecule has 10 nitrogen and oxygen atoms in total. The van der Waals surface area contributed by atoms with Crippen LogP contribution in [0.15, 0.2) is 45.7 Å². The number of rotatable bonds is 6. The molecule has 0 spiro atoms. The Kier molecular flexibility index (Phi) is 7.66. The average Bonchev–Trinajstić information content (AvgIpc) is 2.76. The van der Waals surface area contributed by atoms with E-state index in [0.29, 0.717) is 16.8 Å². The zero-order chi connectivity index (χ0) is 26.7. The number of amides is 2. The van der Waals surface area contributed by atoms with Crippen molar-refractivity contribution in [2.24, 2.45) is 5.41 Å². The Morgan fingerprint density at radius 2 is 1.81 bits per heavy atom. The zero-order valence-corrected chi connectivity index (χ0v) is 21.7. The Morgan fingerprint density at radius 1 is 1.08 bits per heavy atom. The van der Waals surface area contributed by atoms with Crippen LogP contribution in [0.1, 0.15) is 52.8 Å². The number of ether oxygens (including phenoxy) is 1. The van der Waals surface area contributed by atoms with Gasteiger partial charge in [0.2, 0.25) is 5.91 Å². The SMILES string of the molecule is Cc1c(NC(=O)OC(C)(C)C)ccc2nc(NC(C(=O)NCc3ccccn3)C(C)(C)C)oc(=O)c12. The van der Waals surface area contributed by atoms with Crippen molar-refractivity contribution in [3.05, 3.63) is 58.2 Å². The Hall–Kier alpha value is -3.95. The average molecular weight is 496 g/mol. The van der Waals surface area contributed by atoms with E-state index < -0.39 is 28.8 Å². The lowest BCUT2D eigenvalue weighted by atomic mass is 9.86. The Bertz CT molecular complexity index is 1310. The number of nitrogens with zero attached hydrogens (tertiary/aromatic N) is 2. The molecule has 0 aliphatic rings. The van der Waals surface area contributed by atoms with Gasteiger partial charge in [0, 0.05) is 11.9 Å². The summed E-state index contributed by atoms with van der Waals surface area (Å²) in [6.45, 7) is 12.9. The van der Waals surface area contributed by atoms with Crippen LogP contribution in [0.3, 0.4) is 0 Å². The van der Waals surface area contributed by atoms with Gasteiger partial charge in [0.15, 0.2) is 0 Å². The third-order valence-electron chi connectivity index (χ3n) is 5.26. The van der Waals surface area contributed by atoms with E-state index in [4.69, 9.17) is 9.15 Å². The van der Waals surface area contributed by atoms with Gasteiger partial charge >= 0.3 is 11.7 Å². The molecule has 3 aromatic rings. The lowest BCUT2D eigenvalue weighted by molar-refractivity contribution is -0.124. The van der Waals surface area contributed by atoms with Crippen molar-refractivity contribution in [2.45, 2.75) is 66.7 Å². The van der Waals surface area contributed by atoms with Gasteiger partial charge in [-0.25, -0.2) is 9.59 Å². The summed E-state index contributed by atoms with van der Waals surface area (Å²) in [4.78, 5) is 46.7. The van der Waals surface area contributed by atoms with Gasteiger partial charge < -0.3 is 19.8 Å². The predicted molar refractivity (Wildman–Crippen MR) is 138 cm³/mol. The first-order chi connectivity index (χ1) is 16.7. The summed E-state index contributed by atoms with van der Waals surface area (Å²) in [6.07, 6.45) is 1.02. The molecule has 2 amide bonds. The molecule has 10 heteroatoms. The fourth-order valence-electron chi connectivity index (χ4n) is 3.51. The highest BCUT2D eigenvalue weighted by molar-refractivity contribution is 5.93. The first-order valence-electron chi connectivity index (χ1n) is 11.6. The predicted octanol–water partition coefficient (Wildman–Crippen LogP) is 4.38. The van der Waals surface area contributed by atoms with Crippen molar-refractivity contribution in [1.82, 2.24) is 15.3 Å². The summed E-state index contributed by atoms with van der Waals surface area (Å²) in [5.41, 5.74) is 0.154. The summed E-state index contributed by atoms with van der Waals surface area (Å²) >= 11 is 0. The number of hydrogen-bond donors (Lipinski definition) is 3. The highest BCUT2D eigenvalue weighted by Gasteiger charge is 2.32. The van der Waals surface area contributed by atoms with Crippen molar-refractivity contribution < 1.29 is 18.7 Å². The standard InChI is InChI=1S/C26H33N5O5/c1-15-17(30-24(34)36-26(5,6)7)11-12-18-19(15)22(33)35-23(29-18)31-20(25(2,3)4)21(32)28-14-16-10-8-9-13-27-16/h8-13,20H,14H2,1-7H3,(H,28,32)(H,29,31)(H,30,34). The summed E-state index contributed by atoms with van der Waals surface area (Å²) in [5, 5.41) is 8.72. The second-order valence-corrected chi connectivity index (χ2v) is 10.5. The minimum absolute atomic E-state index is 0.0762. The topological polar surface area (TPSA) is 135 Å². The number of benzene rings is 1. The number of hydrogen-bond acceptors (Lipinski definition) is 8. The summed E-state index contributed by atoms with van der Waals surface area (Å²) in [5.74, 6) is -0.286. The number of aryl methyl sites for hydroxylation is 1. The summed E-state index contributed by atoms with van der Waals surface area (Å²) in [7, 11) is 0. The van der Waals surface area contributed by atoms with Crippen molar-refractivity contribution in [3.8, 4) is 0 Å². The molecule has 2 aromatic heterocycles. The molecule has 0 radical (unpaired) electrons. The van der Waals surface area contributed by atoms with E-state index in [1.165, 1.54) is 0 Å². The van der Waals surface area contributed by atoms with Crippen LogP contribution in [0, 0.1) is 12.3 Å². The van der Waals surface area contributed by atoms with Gasteiger partial charge in [-0.3, -0.25) is 15.1 Å². The van der Waals surface area contributed by atoms with Crippen LogP contribution in [0.25, 0.3) is 10.9 Å². The van der Waals surface area contributed by atoms with Crippen LogP contribution < -0.4 is 21.6 Å². The van der Waals surface area contributed by atoms with E-state index in [1.807, 2.05) is 32.9 Å².